The Morgan fingerprint density at radius 3 is 2.24 bits per heavy atom. The fourth-order valence-electron chi connectivity index (χ4n) is 5.43. The van der Waals surface area contributed by atoms with Crippen LogP contribution >= 0.6 is 0 Å². The van der Waals surface area contributed by atoms with Gasteiger partial charge in [0, 0.05) is 12.2 Å². The number of amides is 2. The van der Waals surface area contributed by atoms with Crippen molar-refractivity contribution in [2.75, 3.05) is 19.5 Å². The molecule has 1 aliphatic rings. The van der Waals surface area contributed by atoms with Gasteiger partial charge in [-0.25, -0.2) is 4.79 Å². The number of fused-ring (bicyclic) bond motifs is 1. The van der Waals surface area contributed by atoms with E-state index in [-0.39, 0.29) is 12.1 Å². The molecule has 5 heteroatoms. The largest absolute Gasteiger partial charge is 0.493 e. The first-order valence-corrected chi connectivity index (χ1v) is 13.3. The Morgan fingerprint density at radius 1 is 0.919 bits per heavy atom. The van der Waals surface area contributed by atoms with E-state index in [1.165, 1.54) is 11.1 Å². The number of para-hydroxylation sites is 1. The van der Waals surface area contributed by atoms with Gasteiger partial charge in [0.15, 0.2) is 11.5 Å². The second kappa shape index (κ2) is 11.7. The molecule has 0 saturated heterocycles. The fourth-order valence-corrected chi connectivity index (χ4v) is 5.43. The number of urea groups is 1. The summed E-state index contributed by atoms with van der Waals surface area (Å²) >= 11 is 0. The van der Waals surface area contributed by atoms with Crippen LogP contribution in [0.3, 0.4) is 0 Å². The van der Waals surface area contributed by atoms with Crippen molar-refractivity contribution in [1.29, 1.82) is 0 Å². The maximum Gasteiger partial charge on any atom is 0.322 e. The molecule has 196 valence electrons. The van der Waals surface area contributed by atoms with Gasteiger partial charge in [-0.3, -0.25) is 0 Å². The third kappa shape index (κ3) is 5.76. The van der Waals surface area contributed by atoms with Crippen LogP contribution in [0.4, 0.5) is 10.5 Å². The number of hydrogen-bond acceptors (Lipinski definition) is 3. The number of carbonyl (C=O) groups excluding carboxylic acids is 1. The highest BCUT2D eigenvalue weighted by atomic mass is 16.5. The van der Waals surface area contributed by atoms with Crippen LogP contribution in [-0.2, 0) is 13.0 Å². The molecule has 3 aromatic carbocycles. The van der Waals surface area contributed by atoms with Crippen molar-refractivity contribution in [3.8, 4) is 11.5 Å². The maximum absolute atomic E-state index is 14.2. The van der Waals surface area contributed by atoms with Crippen LogP contribution in [0.5, 0.6) is 11.5 Å². The molecular formula is C32H40N2O3. The molecule has 4 rings (SSSR count). The van der Waals surface area contributed by atoms with E-state index in [1.54, 1.807) is 14.2 Å². The molecule has 1 aliphatic carbocycles. The number of aryl methyl sites for hydroxylation is 1. The van der Waals surface area contributed by atoms with E-state index in [4.69, 9.17) is 9.47 Å². The van der Waals surface area contributed by atoms with Crippen LogP contribution in [0.1, 0.15) is 86.2 Å². The molecule has 37 heavy (non-hydrogen) atoms. The smallest absolute Gasteiger partial charge is 0.322 e. The minimum Gasteiger partial charge on any atom is -0.493 e. The van der Waals surface area contributed by atoms with E-state index in [9.17, 15) is 4.79 Å². The number of carbonyl (C=O) groups is 1. The van der Waals surface area contributed by atoms with Gasteiger partial charge in [-0.2, -0.15) is 0 Å². The van der Waals surface area contributed by atoms with E-state index in [2.05, 4.69) is 75.5 Å². The summed E-state index contributed by atoms with van der Waals surface area (Å²) in [5, 5.41) is 3.37. The summed E-state index contributed by atoms with van der Waals surface area (Å²) in [6, 6.07) is 20.7. The van der Waals surface area contributed by atoms with Crippen LogP contribution in [0.15, 0.2) is 60.7 Å². The summed E-state index contributed by atoms with van der Waals surface area (Å²) in [7, 11) is 3.27. The molecule has 3 aromatic rings. The molecule has 0 spiro atoms. The average molecular weight is 501 g/mol. The number of hydrogen-bond donors (Lipinski definition) is 1. The van der Waals surface area contributed by atoms with E-state index >= 15 is 0 Å². The SMILES string of the molecule is COc1ccc(CN(C(=O)Nc2c(C(C)C)cccc2C(C)C)C2CCCc3ccccc32)cc1OC. The zero-order chi connectivity index (χ0) is 26.5. The highest BCUT2D eigenvalue weighted by Gasteiger charge is 2.30. The Balaban J connectivity index is 1.75. The first-order valence-electron chi connectivity index (χ1n) is 13.3. The van der Waals surface area contributed by atoms with Crippen LogP contribution in [-0.4, -0.2) is 25.2 Å². The second-order valence-corrected chi connectivity index (χ2v) is 10.5. The lowest BCUT2D eigenvalue weighted by Crippen LogP contribution is -2.39. The first-order chi connectivity index (χ1) is 17.8. The van der Waals surface area contributed by atoms with E-state index in [0.29, 0.717) is 29.9 Å². The summed E-state index contributed by atoms with van der Waals surface area (Å²) in [6.07, 6.45) is 3.03. The molecule has 0 radical (unpaired) electrons. The van der Waals surface area contributed by atoms with Crippen LogP contribution < -0.4 is 14.8 Å². The van der Waals surface area contributed by atoms with E-state index < -0.39 is 0 Å². The Hall–Kier alpha value is -3.47. The predicted molar refractivity (Wildman–Crippen MR) is 151 cm³/mol. The van der Waals surface area contributed by atoms with Crippen molar-refractivity contribution < 1.29 is 14.3 Å². The van der Waals surface area contributed by atoms with Gasteiger partial charge in [0.2, 0.25) is 0 Å². The average Bonchev–Trinajstić information content (AvgIpc) is 2.91. The van der Waals surface area contributed by atoms with E-state index in [1.807, 2.05) is 23.1 Å². The minimum atomic E-state index is -0.0773. The minimum absolute atomic E-state index is 0.00763. The number of rotatable bonds is 8. The third-order valence-corrected chi connectivity index (χ3v) is 7.38. The molecule has 0 heterocycles. The summed E-state index contributed by atoms with van der Waals surface area (Å²) in [5.74, 6) is 1.93. The lowest BCUT2D eigenvalue weighted by Gasteiger charge is -2.36. The van der Waals surface area contributed by atoms with Crippen molar-refractivity contribution in [2.24, 2.45) is 0 Å². The Labute approximate surface area is 221 Å². The van der Waals surface area contributed by atoms with Crippen molar-refractivity contribution in [3.63, 3.8) is 0 Å². The molecule has 1 atom stereocenters. The van der Waals surface area contributed by atoms with Crippen LogP contribution in [0.2, 0.25) is 0 Å². The highest BCUT2D eigenvalue weighted by Crippen LogP contribution is 2.38. The lowest BCUT2D eigenvalue weighted by molar-refractivity contribution is 0.175. The fraction of sp³-hybridized carbons (Fsp3) is 0.406. The second-order valence-electron chi connectivity index (χ2n) is 10.5. The monoisotopic (exact) mass is 500 g/mol. The predicted octanol–water partition coefficient (Wildman–Crippen LogP) is 8.06. The molecule has 0 fully saturated rings. The van der Waals surface area contributed by atoms with Gasteiger partial charge >= 0.3 is 6.03 Å². The molecule has 0 aliphatic heterocycles. The molecule has 0 bridgehead atoms. The van der Waals surface area contributed by atoms with Crippen LogP contribution in [0.25, 0.3) is 0 Å². The Morgan fingerprint density at radius 2 is 1.59 bits per heavy atom. The number of nitrogens with one attached hydrogen (secondary N) is 1. The molecule has 2 amide bonds. The topological polar surface area (TPSA) is 50.8 Å². The standard InChI is InChI=1S/C32H40N2O3/c1-21(2)25-14-10-15-26(22(3)4)31(25)33-32(35)34(20-23-17-18-29(36-5)30(19-23)37-6)28-16-9-12-24-11-7-8-13-27(24)28/h7-8,10-11,13-15,17-19,21-22,28H,9,12,16,20H2,1-6H3,(H,33,35). The van der Waals surface area contributed by atoms with Gasteiger partial charge in [0.05, 0.1) is 20.3 Å². The molecule has 1 unspecified atom stereocenters. The van der Waals surface area contributed by atoms with Gasteiger partial charge < -0.3 is 19.7 Å². The zero-order valence-electron chi connectivity index (χ0n) is 23.0. The first kappa shape index (κ1) is 26.6. The Bertz CT molecular complexity index is 1210. The van der Waals surface area contributed by atoms with Gasteiger partial charge in [0.1, 0.15) is 0 Å². The maximum atomic E-state index is 14.2. The zero-order valence-corrected chi connectivity index (χ0v) is 23.0. The van der Waals surface area contributed by atoms with Crippen molar-refractivity contribution >= 4 is 11.7 Å². The number of methoxy groups -OCH3 is 2. The van der Waals surface area contributed by atoms with Gasteiger partial charge in [-0.05, 0) is 71.0 Å². The summed E-state index contributed by atoms with van der Waals surface area (Å²) < 4.78 is 11.0. The third-order valence-electron chi connectivity index (χ3n) is 7.38. The molecule has 0 saturated carbocycles. The highest BCUT2D eigenvalue weighted by molar-refractivity contribution is 5.92. The van der Waals surface area contributed by atoms with Gasteiger partial charge in [-0.1, -0.05) is 76.2 Å². The number of benzene rings is 3. The molecule has 0 aromatic heterocycles. The van der Waals surface area contributed by atoms with Crippen molar-refractivity contribution in [3.05, 3.63) is 88.5 Å². The van der Waals surface area contributed by atoms with Gasteiger partial charge in [0.25, 0.3) is 0 Å². The number of nitrogens with zero attached hydrogens (tertiary/aromatic N) is 1. The lowest BCUT2D eigenvalue weighted by atomic mass is 9.86. The van der Waals surface area contributed by atoms with Crippen LogP contribution in [0, 0.1) is 0 Å². The molecular weight excluding hydrogens is 460 g/mol. The summed E-state index contributed by atoms with van der Waals surface area (Å²) in [5.41, 5.74) is 6.83. The molecule has 5 nitrogen and oxygen atoms in total. The molecule has 1 N–H and O–H groups in total. The van der Waals surface area contributed by atoms with Crippen molar-refractivity contribution in [1.82, 2.24) is 4.90 Å². The Kier molecular flexibility index (Phi) is 8.42. The van der Waals surface area contributed by atoms with E-state index in [0.717, 1.165) is 41.6 Å². The quantitative estimate of drug-likeness (QED) is 0.340. The van der Waals surface area contributed by atoms with Gasteiger partial charge in [-0.15, -0.1) is 0 Å². The summed E-state index contributed by atoms with van der Waals surface area (Å²) in [4.78, 5) is 16.2. The van der Waals surface area contributed by atoms with Crippen molar-refractivity contribution in [2.45, 2.75) is 71.4 Å². The number of anilines is 1. The normalized spacial score (nSPS) is 14.9. The summed E-state index contributed by atoms with van der Waals surface area (Å²) in [6.45, 7) is 9.16. The number of ether oxygens (including phenoxy) is 2.